The van der Waals surface area contributed by atoms with Gasteiger partial charge in [-0.15, -0.1) is 0 Å². The minimum absolute atomic E-state index is 0.251. The van der Waals surface area contributed by atoms with E-state index in [1.165, 1.54) is 0 Å². The van der Waals surface area contributed by atoms with Crippen LogP contribution in [-0.4, -0.2) is 22.9 Å². The number of allylic oxidation sites excluding steroid dienone is 1. The monoisotopic (exact) mass is 175 g/mol. The molecule has 1 aliphatic carbocycles. The largest absolute Gasteiger partial charge is 0.763 e. The second-order valence-corrected chi connectivity index (χ2v) is 3.53. The van der Waals surface area contributed by atoms with Crippen molar-refractivity contribution in [1.29, 1.82) is 0 Å². The van der Waals surface area contributed by atoms with Gasteiger partial charge < -0.3 is 10.6 Å². The average Bonchev–Trinajstić information content (AvgIpc) is 2.60. The average molecular weight is 175 g/mol. The van der Waals surface area contributed by atoms with E-state index in [9.17, 15) is 5.21 Å². The molecule has 3 heteroatoms. The van der Waals surface area contributed by atoms with Gasteiger partial charge in [0.05, 0.1) is 0 Å². The highest BCUT2D eigenvalue weighted by Crippen LogP contribution is 2.30. The van der Waals surface area contributed by atoms with Crippen molar-refractivity contribution in [2.75, 3.05) is 6.54 Å². The quantitative estimate of drug-likeness (QED) is 0.313. The van der Waals surface area contributed by atoms with Gasteiger partial charge in [0.15, 0.2) is 12.3 Å². The van der Waals surface area contributed by atoms with Crippen LogP contribution in [0.25, 0.3) is 5.41 Å². The van der Waals surface area contributed by atoms with Gasteiger partial charge in [-0.1, -0.05) is 0 Å². The molecule has 0 aromatic carbocycles. The maximum absolute atomic E-state index is 11.5. The van der Waals surface area contributed by atoms with Crippen molar-refractivity contribution in [3.05, 3.63) is 27.3 Å². The van der Waals surface area contributed by atoms with Gasteiger partial charge in [-0.2, -0.15) is 0 Å². The first kappa shape index (κ1) is 8.27. The molecular formula is C10H11N2O-. The van der Waals surface area contributed by atoms with Crippen molar-refractivity contribution in [1.82, 2.24) is 0 Å². The highest BCUT2D eigenvalue weighted by Gasteiger charge is 2.29. The normalized spacial score (nSPS) is 22.1. The summed E-state index contributed by atoms with van der Waals surface area (Å²) in [5, 5.41) is 20.3. The molecule has 0 amide bonds. The van der Waals surface area contributed by atoms with E-state index in [0.717, 1.165) is 40.9 Å². The van der Waals surface area contributed by atoms with Crippen LogP contribution in [0.5, 0.6) is 0 Å². The van der Waals surface area contributed by atoms with Crippen LogP contribution in [0, 0.1) is 5.21 Å². The molecule has 1 fully saturated rings. The zero-order valence-electron chi connectivity index (χ0n) is 7.63. The smallest absolute Gasteiger partial charge is 0.190 e. The molecule has 0 spiro atoms. The molecule has 0 atom stereocenters. The Morgan fingerprint density at radius 3 is 2.92 bits per heavy atom. The summed E-state index contributed by atoms with van der Waals surface area (Å²) in [6.45, 7) is 2.20. The molecule has 68 valence electrons. The predicted octanol–water partition coefficient (Wildman–Crippen LogP) is 1.62. The molecule has 1 heterocycles. The molecule has 0 N–H and O–H groups in total. The number of fused-ring (bicyclic) bond motifs is 1. The first-order chi connectivity index (χ1) is 6.24. The van der Waals surface area contributed by atoms with E-state index < -0.39 is 0 Å². The molecule has 0 radical (unpaired) electrons. The fourth-order valence-corrected chi connectivity index (χ4v) is 2.07. The molecule has 13 heavy (non-hydrogen) atoms. The van der Waals surface area contributed by atoms with Crippen LogP contribution in [0.15, 0.2) is 16.7 Å². The van der Waals surface area contributed by atoms with Gasteiger partial charge in [0.1, 0.15) is 0 Å². The van der Waals surface area contributed by atoms with E-state index in [0.29, 0.717) is 5.57 Å². The molecule has 0 aromatic rings. The van der Waals surface area contributed by atoms with Gasteiger partial charge in [0, 0.05) is 17.6 Å². The van der Waals surface area contributed by atoms with Gasteiger partial charge in [-0.3, -0.25) is 5.87 Å². The van der Waals surface area contributed by atoms with Crippen molar-refractivity contribution in [3.8, 4) is 0 Å². The van der Waals surface area contributed by atoms with Crippen molar-refractivity contribution in [2.24, 2.45) is 0 Å². The Labute approximate surface area is 77.2 Å². The first-order valence-electron chi connectivity index (χ1n) is 4.51. The Morgan fingerprint density at radius 1 is 1.46 bits per heavy atom. The molecule has 1 aliphatic heterocycles. The highest BCUT2D eigenvalue weighted by atomic mass is 16.5. The van der Waals surface area contributed by atoms with Crippen LogP contribution < -0.4 is 0 Å². The number of hydroxylamine groups is 1. The number of hydrogen-bond acceptors (Lipinski definition) is 1. The molecular weight excluding hydrogens is 164 g/mol. The summed E-state index contributed by atoms with van der Waals surface area (Å²) >= 11 is 0. The molecule has 1 saturated carbocycles. The molecule has 0 aromatic heterocycles. The summed E-state index contributed by atoms with van der Waals surface area (Å²) in [5.74, 6) is 2.10. The van der Waals surface area contributed by atoms with E-state index in [2.05, 4.69) is 5.87 Å². The third kappa shape index (κ3) is 1.12. The van der Waals surface area contributed by atoms with E-state index in [1.807, 2.05) is 6.92 Å². The number of nitrogens with zero attached hydrogens (tertiary/aromatic N) is 2. The Balaban J connectivity index is 2.58. The van der Waals surface area contributed by atoms with Gasteiger partial charge in [-0.05, 0) is 25.3 Å². The zero-order valence-corrected chi connectivity index (χ0v) is 7.63. The lowest BCUT2D eigenvalue weighted by Gasteiger charge is -2.18. The van der Waals surface area contributed by atoms with Crippen molar-refractivity contribution >= 4 is 11.6 Å². The van der Waals surface area contributed by atoms with Gasteiger partial charge >= 0.3 is 0 Å². The minimum Gasteiger partial charge on any atom is -0.763 e. The van der Waals surface area contributed by atoms with E-state index in [-0.39, 0.29) is 6.54 Å². The van der Waals surface area contributed by atoms with Crippen LogP contribution in [0.2, 0.25) is 0 Å². The van der Waals surface area contributed by atoms with Crippen molar-refractivity contribution in [3.63, 3.8) is 0 Å². The highest BCUT2D eigenvalue weighted by molar-refractivity contribution is 6.01. The van der Waals surface area contributed by atoms with Crippen LogP contribution in [-0.2, 0) is 0 Å². The van der Waals surface area contributed by atoms with E-state index in [4.69, 9.17) is 5.41 Å². The van der Waals surface area contributed by atoms with Gasteiger partial charge in [0.2, 0.25) is 0 Å². The Bertz CT molecular complexity index is 370. The van der Waals surface area contributed by atoms with E-state index in [1.54, 1.807) is 0 Å². The summed E-state index contributed by atoms with van der Waals surface area (Å²) in [6, 6.07) is 0. The van der Waals surface area contributed by atoms with Gasteiger partial charge in [0.25, 0.3) is 0 Å². The second kappa shape index (κ2) is 2.86. The second-order valence-electron chi connectivity index (χ2n) is 3.53. The van der Waals surface area contributed by atoms with Crippen LogP contribution in [0.1, 0.15) is 26.2 Å². The summed E-state index contributed by atoms with van der Waals surface area (Å²) < 4.78 is 0.980. The first-order valence-corrected chi connectivity index (χ1v) is 4.51. The lowest BCUT2D eigenvalue weighted by molar-refractivity contribution is -0.449. The van der Waals surface area contributed by atoms with Crippen molar-refractivity contribution in [2.45, 2.75) is 26.2 Å². The Hall–Kier alpha value is -1.34. The zero-order chi connectivity index (χ0) is 9.42. The molecule has 2 rings (SSSR count). The summed E-state index contributed by atoms with van der Waals surface area (Å²) in [7, 11) is 0. The third-order valence-electron chi connectivity index (χ3n) is 2.83. The molecule has 2 aliphatic rings. The molecule has 0 unspecified atom stereocenters. The van der Waals surface area contributed by atoms with Gasteiger partial charge in [-0.25, -0.2) is 4.74 Å². The predicted molar refractivity (Wildman–Crippen MR) is 51.9 cm³/mol. The number of rotatable bonds is 0. The summed E-state index contributed by atoms with van der Waals surface area (Å²) in [6.07, 6.45) is 2.90. The minimum atomic E-state index is 0.251. The molecule has 0 saturated heterocycles. The molecule has 3 nitrogen and oxygen atoms in total. The standard InChI is InChI=1S/C10H11N2O/c1-7-8(5-11)6-12(13)10-4-2-3-9(7)10/h2-4,6H2,1H3/q-1. The fourth-order valence-electron chi connectivity index (χ4n) is 2.07. The fraction of sp³-hybridized carbons (Fsp3) is 0.500. The number of hydrogen-bond donors (Lipinski definition) is 0. The van der Waals surface area contributed by atoms with Crippen LogP contribution in [0.3, 0.4) is 0 Å². The topological polar surface area (TPSA) is 48.4 Å². The third-order valence-corrected chi connectivity index (χ3v) is 2.83. The lowest BCUT2D eigenvalue weighted by atomic mass is 9.97. The summed E-state index contributed by atoms with van der Waals surface area (Å²) in [4.78, 5) is 0. The van der Waals surface area contributed by atoms with Crippen molar-refractivity contribution < 1.29 is 4.74 Å². The molecule has 0 bridgehead atoms. The Kier molecular flexibility index (Phi) is 1.82. The maximum atomic E-state index is 11.5. The Morgan fingerprint density at radius 2 is 2.23 bits per heavy atom. The SMILES string of the molecule is CC1=C2CCCC2=[N+]([O-])CC1=C=[N-]. The van der Waals surface area contributed by atoms with Crippen LogP contribution in [0.4, 0.5) is 0 Å². The maximum Gasteiger partial charge on any atom is 0.190 e. The van der Waals surface area contributed by atoms with E-state index >= 15 is 0 Å². The van der Waals surface area contributed by atoms with Crippen LogP contribution >= 0.6 is 0 Å². The summed E-state index contributed by atoms with van der Waals surface area (Å²) in [5.41, 5.74) is 3.71. The lowest BCUT2D eigenvalue weighted by Crippen LogP contribution is -2.23.